The number of methoxy groups -OCH3 is 2. The van der Waals surface area contributed by atoms with Gasteiger partial charge in [-0.25, -0.2) is 4.98 Å². The van der Waals surface area contributed by atoms with Crippen molar-refractivity contribution in [2.45, 2.75) is 12.3 Å². The fraction of sp³-hybridized carbons (Fsp3) is 0.238. The summed E-state index contributed by atoms with van der Waals surface area (Å²) < 4.78 is 12.5. The van der Waals surface area contributed by atoms with Gasteiger partial charge in [-0.1, -0.05) is 18.2 Å². The van der Waals surface area contributed by atoms with E-state index in [1.807, 2.05) is 36.4 Å². The van der Waals surface area contributed by atoms with Crippen molar-refractivity contribution in [3.63, 3.8) is 0 Å². The first-order valence-electron chi connectivity index (χ1n) is 9.22. The van der Waals surface area contributed by atoms with Crippen molar-refractivity contribution < 1.29 is 19.1 Å². The van der Waals surface area contributed by atoms with Crippen LogP contribution in [0.2, 0.25) is 0 Å². The molecular weight excluding hydrogens is 372 g/mol. The van der Waals surface area contributed by atoms with Gasteiger partial charge in [0.2, 0.25) is 17.8 Å². The highest BCUT2D eigenvalue weighted by Gasteiger charge is 2.44. The van der Waals surface area contributed by atoms with Gasteiger partial charge in [0.05, 0.1) is 25.3 Å². The molecular formula is C21H18N4O4. The van der Waals surface area contributed by atoms with Gasteiger partial charge in [-0.05, 0) is 29.8 Å². The Morgan fingerprint density at radius 1 is 1.07 bits per heavy atom. The molecule has 2 atom stereocenters. The van der Waals surface area contributed by atoms with Crippen LogP contribution in [0.3, 0.4) is 0 Å². The fourth-order valence-electron chi connectivity index (χ4n) is 4.14. The number of amides is 2. The monoisotopic (exact) mass is 390 g/mol. The Bertz CT molecular complexity index is 1200. The number of nitrogens with one attached hydrogen (secondary N) is 1. The number of aromatic nitrogens is 2. The maximum atomic E-state index is 13.0. The molecule has 146 valence electrons. The minimum absolute atomic E-state index is 0.138. The first-order valence-corrected chi connectivity index (χ1v) is 9.22. The summed E-state index contributed by atoms with van der Waals surface area (Å²) in [7, 11) is 3.12. The van der Waals surface area contributed by atoms with Crippen LogP contribution in [0.15, 0.2) is 47.5 Å². The highest BCUT2D eigenvalue weighted by atomic mass is 16.5. The quantitative estimate of drug-likeness (QED) is 0.742. The molecule has 0 spiro atoms. The van der Waals surface area contributed by atoms with E-state index in [4.69, 9.17) is 9.47 Å². The van der Waals surface area contributed by atoms with Gasteiger partial charge in [0.1, 0.15) is 11.8 Å². The van der Waals surface area contributed by atoms with E-state index in [-0.39, 0.29) is 24.2 Å². The standard InChI is InChI=1S/C21H18N4O4/c1-28-15-8-7-11(9-16(15)29-2)12-10-17(26)23-19-18(12)20(27)24-21-22-13-5-3-4-6-14(13)25(19)21/h3-9,12,18H,10H2,1-2H3,(H,22,24,27). The van der Waals surface area contributed by atoms with Gasteiger partial charge in [-0.2, -0.15) is 4.99 Å². The second-order valence-electron chi connectivity index (χ2n) is 7.02. The summed E-state index contributed by atoms with van der Waals surface area (Å²) in [5.74, 6) is 0.448. The first kappa shape index (κ1) is 17.4. The number of nitrogens with zero attached hydrogens (tertiary/aromatic N) is 3. The van der Waals surface area contributed by atoms with Crippen molar-refractivity contribution >= 4 is 34.6 Å². The Hall–Kier alpha value is -3.68. The van der Waals surface area contributed by atoms with E-state index >= 15 is 0 Å². The van der Waals surface area contributed by atoms with Crippen LogP contribution >= 0.6 is 0 Å². The third-order valence-electron chi connectivity index (χ3n) is 5.46. The van der Waals surface area contributed by atoms with Gasteiger partial charge >= 0.3 is 0 Å². The molecule has 5 rings (SSSR count). The molecule has 1 aromatic heterocycles. The van der Waals surface area contributed by atoms with Crippen molar-refractivity contribution in [1.29, 1.82) is 0 Å². The Morgan fingerprint density at radius 2 is 1.86 bits per heavy atom. The molecule has 8 heteroatoms. The normalized spacial score (nSPS) is 20.6. The largest absolute Gasteiger partial charge is 0.493 e. The Kier molecular flexibility index (Phi) is 3.87. The van der Waals surface area contributed by atoms with Crippen LogP contribution in [0.25, 0.3) is 11.0 Å². The summed E-state index contributed by atoms with van der Waals surface area (Å²) in [5.41, 5.74) is 2.34. The molecule has 2 amide bonds. The molecule has 8 nitrogen and oxygen atoms in total. The maximum Gasteiger partial charge on any atom is 0.248 e. The maximum absolute atomic E-state index is 13.0. The first-order chi connectivity index (χ1) is 14.1. The third kappa shape index (κ3) is 2.60. The van der Waals surface area contributed by atoms with Gasteiger partial charge in [-0.15, -0.1) is 0 Å². The number of aliphatic imine (C=N–C) groups is 1. The second-order valence-corrected chi connectivity index (χ2v) is 7.02. The van der Waals surface area contributed by atoms with Crippen LogP contribution in [0.5, 0.6) is 11.5 Å². The number of carbonyl (C=O) groups is 2. The Balaban J connectivity index is 1.67. The zero-order valence-electron chi connectivity index (χ0n) is 15.9. The lowest BCUT2D eigenvalue weighted by molar-refractivity contribution is -0.121. The zero-order chi connectivity index (χ0) is 20.1. The number of imidazole rings is 1. The zero-order valence-corrected chi connectivity index (χ0v) is 15.9. The average Bonchev–Trinajstić information content (AvgIpc) is 3.10. The van der Waals surface area contributed by atoms with Crippen molar-refractivity contribution in [2.24, 2.45) is 10.9 Å². The number of hydrogen-bond acceptors (Lipinski definition) is 5. The van der Waals surface area contributed by atoms with E-state index < -0.39 is 5.92 Å². The van der Waals surface area contributed by atoms with Gasteiger partial charge in [0.25, 0.3) is 0 Å². The number of anilines is 1. The van der Waals surface area contributed by atoms with E-state index in [0.717, 1.165) is 16.6 Å². The number of benzene rings is 2. The molecule has 2 aliphatic rings. The molecule has 0 radical (unpaired) electrons. The molecule has 29 heavy (non-hydrogen) atoms. The lowest BCUT2D eigenvalue weighted by Crippen LogP contribution is -2.46. The number of carbonyl (C=O) groups excluding carboxylic acids is 2. The lowest BCUT2D eigenvalue weighted by atomic mass is 9.79. The highest BCUT2D eigenvalue weighted by molar-refractivity contribution is 6.20. The topological polar surface area (TPSA) is 94.8 Å². The lowest BCUT2D eigenvalue weighted by Gasteiger charge is -2.34. The van der Waals surface area contributed by atoms with Gasteiger partial charge < -0.3 is 9.47 Å². The van der Waals surface area contributed by atoms with E-state index in [0.29, 0.717) is 23.3 Å². The molecule has 3 aromatic rings. The Labute approximate surface area is 166 Å². The summed E-state index contributed by atoms with van der Waals surface area (Å²) in [6.45, 7) is 0. The summed E-state index contributed by atoms with van der Waals surface area (Å²) in [6, 6.07) is 13.0. The molecule has 2 aromatic carbocycles. The molecule has 0 saturated carbocycles. The minimum Gasteiger partial charge on any atom is -0.493 e. The molecule has 0 aliphatic carbocycles. The van der Waals surface area contributed by atoms with Gasteiger partial charge in [-0.3, -0.25) is 19.5 Å². The van der Waals surface area contributed by atoms with Crippen molar-refractivity contribution in [1.82, 2.24) is 9.55 Å². The molecule has 1 N–H and O–H groups in total. The molecule has 0 bridgehead atoms. The molecule has 3 heterocycles. The van der Waals surface area contributed by atoms with Crippen LogP contribution in [0.1, 0.15) is 17.9 Å². The van der Waals surface area contributed by atoms with E-state index in [2.05, 4.69) is 15.3 Å². The van der Waals surface area contributed by atoms with E-state index in [1.54, 1.807) is 24.9 Å². The number of rotatable bonds is 3. The van der Waals surface area contributed by atoms with E-state index in [9.17, 15) is 9.59 Å². The SMILES string of the molecule is COc1ccc(C2CC(=O)N=C3C2C(=O)Nc2nc4ccccc4n23)cc1OC. The van der Waals surface area contributed by atoms with Crippen molar-refractivity contribution in [3.8, 4) is 11.5 Å². The second kappa shape index (κ2) is 6.44. The predicted molar refractivity (Wildman–Crippen MR) is 107 cm³/mol. The predicted octanol–water partition coefficient (Wildman–Crippen LogP) is 2.58. The van der Waals surface area contributed by atoms with Crippen molar-refractivity contribution in [3.05, 3.63) is 48.0 Å². The number of para-hydroxylation sites is 2. The number of hydrogen-bond donors (Lipinski definition) is 1. The summed E-state index contributed by atoms with van der Waals surface area (Å²) in [5, 5.41) is 2.88. The van der Waals surface area contributed by atoms with E-state index in [1.165, 1.54) is 0 Å². The molecule has 0 fully saturated rings. The number of ether oxygens (including phenoxy) is 2. The van der Waals surface area contributed by atoms with Crippen LogP contribution in [-0.4, -0.2) is 41.4 Å². The van der Waals surface area contributed by atoms with Crippen LogP contribution < -0.4 is 14.8 Å². The number of fused-ring (bicyclic) bond motifs is 5. The van der Waals surface area contributed by atoms with Gasteiger partial charge in [0, 0.05) is 12.3 Å². The fourth-order valence-corrected chi connectivity index (χ4v) is 4.14. The van der Waals surface area contributed by atoms with Crippen LogP contribution in [0, 0.1) is 5.92 Å². The van der Waals surface area contributed by atoms with Crippen LogP contribution in [-0.2, 0) is 9.59 Å². The molecule has 0 saturated heterocycles. The molecule has 2 unspecified atom stereocenters. The summed E-state index contributed by atoms with van der Waals surface area (Å²) in [4.78, 5) is 34.3. The van der Waals surface area contributed by atoms with Gasteiger partial charge in [0.15, 0.2) is 11.5 Å². The average molecular weight is 390 g/mol. The third-order valence-corrected chi connectivity index (χ3v) is 5.46. The van der Waals surface area contributed by atoms with Crippen LogP contribution in [0.4, 0.5) is 5.95 Å². The van der Waals surface area contributed by atoms with Crippen molar-refractivity contribution in [2.75, 3.05) is 19.5 Å². The summed E-state index contributed by atoms with van der Waals surface area (Å²) >= 11 is 0. The highest BCUT2D eigenvalue weighted by Crippen LogP contribution is 2.41. The summed E-state index contributed by atoms with van der Waals surface area (Å²) in [6.07, 6.45) is 0.138. The smallest absolute Gasteiger partial charge is 0.248 e. The minimum atomic E-state index is -0.615. The Morgan fingerprint density at radius 3 is 2.66 bits per heavy atom. The molecule has 2 aliphatic heterocycles.